The number of nitrogens with zero attached hydrogens (tertiary/aromatic N) is 1. The fourth-order valence-electron chi connectivity index (χ4n) is 2.12. The Labute approximate surface area is 135 Å². The van der Waals surface area contributed by atoms with E-state index in [1.54, 1.807) is 6.92 Å². The number of benzene rings is 1. The number of nitrogens with one attached hydrogen (secondary N) is 1. The highest BCUT2D eigenvalue weighted by molar-refractivity contribution is 6.30. The van der Waals surface area contributed by atoms with Crippen LogP contribution in [-0.4, -0.2) is 17.7 Å². The summed E-state index contributed by atoms with van der Waals surface area (Å²) in [6.07, 6.45) is -0.861. The molecule has 0 atom stereocenters. The van der Waals surface area contributed by atoms with Crippen LogP contribution in [0.3, 0.4) is 0 Å². The zero-order valence-electron chi connectivity index (χ0n) is 12.3. The summed E-state index contributed by atoms with van der Waals surface area (Å²) in [7, 11) is 1.32. The van der Waals surface area contributed by atoms with Crippen LogP contribution in [0.15, 0.2) is 29.1 Å². The first-order valence-corrected chi connectivity index (χ1v) is 7.05. The summed E-state index contributed by atoms with van der Waals surface area (Å²) in [5.41, 5.74) is -1.31. The second-order valence-electron chi connectivity index (χ2n) is 4.49. The van der Waals surface area contributed by atoms with Crippen LogP contribution in [0.25, 0.3) is 11.3 Å². The van der Waals surface area contributed by atoms with Crippen molar-refractivity contribution in [2.75, 3.05) is 7.05 Å². The molecule has 5 nitrogen and oxygen atoms in total. The number of rotatable bonds is 3. The minimum atomic E-state index is -0.893. The molecule has 0 radical (unpaired) electrons. The van der Waals surface area contributed by atoms with E-state index in [9.17, 15) is 18.4 Å². The van der Waals surface area contributed by atoms with E-state index in [-0.39, 0.29) is 23.0 Å². The maximum Gasteiger partial charge on any atom is 0.412 e. The third-order valence-electron chi connectivity index (χ3n) is 3.13. The number of aromatic nitrogens is 1. The Kier molecular flexibility index (Phi) is 5.00. The molecule has 0 fully saturated rings. The standard InChI is InChI=1S/C15H13ClF2N2O3/c1-3-20-13(12-9(17)5-4-6-10(12)18)11(23-15(22)19-2)7-8(16)14(20)21/h4-7H,3H2,1-2H3,(H,19,22). The van der Waals surface area contributed by atoms with E-state index in [4.69, 9.17) is 16.3 Å². The Morgan fingerprint density at radius 3 is 2.48 bits per heavy atom. The minimum absolute atomic E-state index is 0.0760. The number of ether oxygens (including phenoxy) is 1. The Bertz CT molecular complexity index is 801. The summed E-state index contributed by atoms with van der Waals surface area (Å²) in [5.74, 6) is -2.01. The number of pyridine rings is 1. The van der Waals surface area contributed by atoms with Gasteiger partial charge in [0.05, 0.1) is 5.56 Å². The molecule has 0 saturated heterocycles. The molecule has 1 N–H and O–H groups in total. The van der Waals surface area contributed by atoms with Crippen LogP contribution in [0.1, 0.15) is 6.92 Å². The van der Waals surface area contributed by atoms with Crippen LogP contribution in [0.4, 0.5) is 13.6 Å². The van der Waals surface area contributed by atoms with E-state index >= 15 is 0 Å². The maximum absolute atomic E-state index is 14.1. The fraction of sp³-hybridized carbons (Fsp3) is 0.200. The van der Waals surface area contributed by atoms with Gasteiger partial charge in [0.2, 0.25) is 0 Å². The van der Waals surface area contributed by atoms with Crippen molar-refractivity contribution >= 4 is 17.7 Å². The average molecular weight is 343 g/mol. The van der Waals surface area contributed by atoms with E-state index < -0.39 is 28.9 Å². The summed E-state index contributed by atoms with van der Waals surface area (Å²) in [4.78, 5) is 23.6. The zero-order valence-corrected chi connectivity index (χ0v) is 13.1. The van der Waals surface area contributed by atoms with Crippen LogP contribution < -0.4 is 15.6 Å². The molecular weight excluding hydrogens is 330 g/mol. The molecule has 1 aromatic heterocycles. The topological polar surface area (TPSA) is 60.3 Å². The van der Waals surface area contributed by atoms with Crippen LogP contribution in [0.2, 0.25) is 5.02 Å². The van der Waals surface area contributed by atoms with Crippen LogP contribution in [0.5, 0.6) is 5.75 Å². The van der Waals surface area contributed by atoms with Gasteiger partial charge in [-0.25, -0.2) is 13.6 Å². The van der Waals surface area contributed by atoms with E-state index in [2.05, 4.69) is 5.32 Å². The van der Waals surface area contributed by atoms with Crippen molar-refractivity contribution in [2.24, 2.45) is 0 Å². The number of hydrogen-bond acceptors (Lipinski definition) is 3. The second-order valence-corrected chi connectivity index (χ2v) is 4.90. The van der Waals surface area contributed by atoms with E-state index in [1.165, 1.54) is 13.1 Å². The van der Waals surface area contributed by atoms with E-state index in [1.807, 2.05) is 0 Å². The lowest BCUT2D eigenvalue weighted by Crippen LogP contribution is -2.26. The van der Waals surface area contributed by atoms with Crippen molar-refractivity contribution < 1.29 is 18.3 Å². The highest BCUT2D eigenvalue weighted by atomic mass is 35.5. The highest BCUT2D eigenvalue weighted by Crippen LogP contribution is 2.34. The molecule has 1 amide bonds. The molecule has 2 rings (SSSR count). The molecule has 0 unspecified atom stereocenters. The summed E-state index contributed by atoms with van der Waals surface area (Å²) in [5, 5.41) is 1.98. The lowest BCUT2D eigenvalue weighted by Gasteiger charge is -2.17. The molecular formula is C15H13ClF2N2O3. The molecule has 0 saturated carbocycles. The van der Waals surface area contributed by atoms with Gasteiger partial charge in [0.25, 0.3) is 5.56 Å². The average Bonchev–Trinajstić information content (AvgIpc) is 2.51. The molecule has 122 valence electrons. The first-order valence-electron chi connectivity index (χ1n) is 6.68. The number of hydrogen-bond donors (Lipinski definition) is 1. The molecule has 2 aromatic rings. The number of carbonyl (C=O) groups excluding carboxylic acids is 1. The quantitative estimate of drug-likeness (QED) is 0.932. The second kappa shape index (κ2) is 6.78. The highest BCUT2D eigenvalue weighted by Gasteiger charge is 2.23. The van der Waals surface area contributed by atoms with Crippen molar-refractivity contribution in [3.05, 3.63) is 51.3 Å². The first-order chi connectivity index (χ1) is 10.9. The Morgan fingerprint density at radius 2 is 1.96 bits per heavy atom. The predicted molar refractivity (Wildman–Crippen MR) is 81.8 cm³/mol. The molecule has 1 aromatic carbocycles. The van der Waals surface area contributed by atoms with Crippen molar-refractivity contribution in [1.29, 1.82) is 0 Å². The van der Waals surface area contributed by atoms with Gasteiger partial charge in [-0.05, 0) is 19.1 Å². The number of halogens is 3. The lowest BCUT2D eigenvalue weighted by atomic mass is 10.1. The van der Waals surface area contributed by atoms with Crippen molar-refractivity contribution in [3.8, 4) is 17.0 Å². The van der Waals surface area contributed by atoms with Crippen LogP contribution >= 0.6 is 11.6 Å². The maximum atomic E-state index is 14.1. The smallest absolute Gasteiger partial charge is 0.408 e. The summed E-state index contributed by atoms with van der Waals surface area (Å²) >= 11 is 5.83. The monoisotopic (exact) mass is 342 g/mol. The van der Waals surface area contributed by atoms with Gasteiger partial charge in [-0.15, -0.1) is 0 Å². The summed E-state index contributed by atoms with van der Waals surface area (Å²) in [6.45, 7) is 1.68. The SMILES string of the molecule is CCn1c(-c2c(F)cccc2F)c(OC(=O)NC)cc(Cl)c1=O. The summed E-state index contributed by atoms with van der Waals surface area (Å²) < 4.78 is 34.3. The molecule has 0 aliphatic heterocycles. The van der Waals surface area contributed by atoms with Crippen molar-refractivity contribution in [2.45, 2.75) is 13.5 Å². The van der Waals surface area contributed by atoms with Gasteiger partial charge >= 0.3 is 6.09 Å². The summed E-state index contributed by atoms with van der Waals surface area (Å²) in [6, 6.07) is 4.34. The Hall–Kier alpha value is -2.41. The molecule has 0 bridgehead atoms. The van der Waals surface area contributed by atoms with E-state index in [0.29, 0.717) is 0 Å². The van der Waals surface area contributed by atoms with Crippen molar-refractivity contribution in [1.82, 2.24) is 9.88 Å². The van der Waals surface area contributed by atoms with Crippen LogP contribution in [-0.2, 0) is 6.54 Å². The largest absolute Gasteiger partial charge is 0.412 e. The van der Waals surface area contributed by atoms with Gasteiger partial charge < -0.3 is 14.6 Å². The third kappa shape index (κ3) is 3.19. The zero-order chi connectivity index (χ0) is 17.1. The molecule has 0 aliphatic carbocycles. The number of carbonyl (C=O) groups is 1. The van der Waals surface area contributed by atoms with Gasteiger partial charge in [-0.3, -0.25) is 4.79 Å². The molecule has 23 heavy (non-hydrogen) atoms. The molecule has 1 heterocycles. The molecule has 0 aliphatic rings. The first kappa shape index (κ1) is 17.0. The lowest BCUT2D eigenvalue weighted by molar-refractivity contribution is 0.202. The van der Waals surface area contributed by atoms with Gasteiger partial charge in [0, 0.05) is 19.7 Å². The fourth-order valence-corrected chi connectivity index (χ4v) is 2.32. The van der Waals surface area contributed by atoms with Gasteiger partial charge in [-0.1, -0.05) is 17.7 Å². The van der Waals surface area contributed by atoms with Gasteiger partial charge in [0.1, 0.15) is 22.4 Å². The number of amides is 1. The Balaban J connectivity index is 2.86. The van der Waals surface area contributed by atoms with Gasteiger partial charge in [-0.2, -0.15) is 0 Å². The minimum Gasteiger partial charge on any atom is -0.408 e. The van der Waals surface area contributed by atoms with Gasteiger partial charge in [0.15, 0.2) is 5.75 Å². The van der Waals surface area contributed by atoms with Crippen molar-refractivity contribution in [3.63, 3.8) is 0 Å². The predicted octanol–water partition coefficient (Wildman–Crippen LogP) is 3.19. The Morgan fingerprint density at radius 1 is 1.35 bits per heavy atom. The third-order valence-corrected chi connectivity index (χ3v) is 3.40. The molecule has 0 spiro atoms. The van der Waals surface area contributed by atoms with Crippen LogP contribution in [0, 0.1) is 11.6 Å². The van der Waals surface area contributed by atoms with E-state index in [0.717, 1.165) is 22.8 Å². The molecule has 8 heteroatoms. The normalized spacial score (nSPS) is 10.5.